The van der Waals surface area contributed by atoms with E-state index in [4.69, 9.17) is 4.43 Å². The van der Waals surface area contributed by atoms with Crippen LogP contribution in [0, 0.1) is 13.0 Å². The predicted molar refractivity (Wildman–Crippen MR) is 43.6 cm³/mol. The zero-order chi connectivity index (χ0) is 7.49. The summed E-state index contributed by atoms with van der Waals surface area (Å²) < 4.78 is 5.14. The highest BCUT2D eigenvalue weighted by Gasteiger charge is 2.21. The molecule has 0 spiro atoms. The molecule has 0 aromatic heterocycles. The molecule has 0 aliphatic rings. The van der Waals surface area contributed by atoms with E-state index in [1.807, 2.05) is 0 Å². The largest absolute Gasteiger partial charge is 0.415 e. The summed E-state index contributed by atoms with van der Waals surface area (Å²) in [5.41, 5.74) is 0. The van der Waals surface area contributed by atoms with Gasteiger partial charge in [0, 0.05) is 0 Å². The predicted octanol–water partition coefficient (Wildman–Crippen LogP) is 2.66. The zero-order valence-electron chi connectivity index (χ0n) is 6.90. The lowest BCUT2D eigenvalue weighted by Crippen LogP contribution is -2.29. The van der Waals surface area contributed by atoms with Gasteiger partial charge in [0.1, 0.15) is 0 Å². The number of rotatable bonds is 3. The van der Waals surface area contributed by atoms with Crippen molar-refractivity contribution in [2.24, 2.45) is 5.92 Å². The maximum Gasteiger partial charge on any atom is 0.187 e. The fourth-order valence-corrected chi connectivity index (χ4v) is 3.13. The monoisotopic (exact) mass is 145 g/mol. The van der Waals surface area contributed by atoms with E-state index >= 15 is 0 Å². The molecule has 1 radical (unpaired) electrons. The maximum atomic E-state index is 5.14. The Bertz CT molecular complexity index is 79.0. The van der Waals surface area contributed by atoms with Gasteiger partial charge in [0.25, 0.3) is 0 Å². The third kappa shape index (κ3) is 4.67. The van der Waals surface area contributed by atoms with Crippen LogP contribution < -0.4 is 0 Å². The minimum atomic E-state index is -1.35. The van der Waals surface area contributed by atoms with Gasteiger partial charge in [0.15, 0.2) is 8.32 Å². The summed E-state index contributed by atoms with van der Waals surface area (Å²) in [6, 6.07) is 1.20. The van der Waals surface area contributed by atoms with E-state index < -0.39 is 8.32 Å². The molecule has 9 heavy (non-hydrogen) atoms. The van der Waals surface area contributed by atoms with Crippen LogP contribution in [0.3, 0.4) is 0 Å². The second-order valence-corrected chi connectivity index (χ2v) is 7.72. The van der Waals surface area contributed by atoms with Gasteiger partial charge >= 0.3 is 0 Å². The minimum absolute atomic E-state index is 0.744. The second-order valence-electron chi connectivity index (χ2n) is 3.50. The highest BCUT2D eigenvalue weighted by Crippen LogP contribution is 2.16. The van der Waals surface area contributed by atoms with Crippen molar-refractivity contribution in [3.05, 3.63) is 7.11 Å². The Kier molecular flexibility index (Phi) is 3.44. The fourth-order valence-electron chi connectivity index (χ4n) is 1.04. The van der Waals surface area contributed by atoms with Gasteiger partial charge in [-0.3, -0.25) is 0 Å². The van der Waals surface area contributed by atoms with Gasteiger partial charge in [-0.15, -0.1) is 0 Å². The van der Waals surface area contributed by atoms with E-state index in [0.717, 1.165) is 5.92 Å². The lowest BCUT2D eigenvalue weighted by molar-refractivity contribution is 0.451. The second kappa shape index (κ2) is 3.37. The van der Waals surface area contributed by atoms with Gasteiger partial charge in [-0.25, -0.2) is 0 Å². The summed E-state index contributed by atoms with van der Waals surface area (Å²) in [7, 11) is 2.12. The molecular weight excluding hydrogens is 128 g/mol. The molecule has 2 heteroatoms. The van der Waals surface area contributed by atoms with Crippen molar-refractivity contribution >= 4 is 8.32 Å². The Morgan fingerprint density at radius 1 is 1.44 bits per heavy atom. The number of hydrogen-bond acceptors (Lipinski definition) is 1. The Hall–Kier alpha value is 0.177. The summed E-state index contributed by atoms with van der Waals surface area (Å²) in [6.07, 6.45) is 0. The highest BCUT2D eigenvalue weighted by atomic mass is 28.4. The first-order valence-corrected chi connectivity index (χ1v) is 6.52. The SMILES string of the molecule is [CH2]O[Si](C)(C)CC(C)C. The maximum absolute atomic E-state index is 5.14. The molecule has 0 amide bonds. The smallest absolute Gasteiger partial charge is 0.187 e. The van der Waals surface area contributed by atoms with Crippen molar-refractivity contribution in [1.82, 2.24) is 0 Å². The molecule has 0 aromatic carbocycles. The molecule has 0 heterocycles. The molecule has 0 fully saturated rings. The summed E-state index contributed by atoms with van der Waals surface area (Å²) in [4.78, 5) is 0. The van der Waals surface area contributed by atoms with Gasteiger partial charge in [-0.1, -0.05) is 13.8 Å². The van der Waals surface area contributed by atoms with Crippen LogP contribution in [0.2, 0.25) is 19.1 Å². The van der Waals surface area contributed by atoms with E-state index in [-0.39, 0.29) is 0 Å². The molecule has 0 bridgehead atoms. The number of hydrogen-bond donors (Lipinski definition) is 0. The van der Waals surface area contributed by atoms with Crippen molar-refractivity contribution in [2.75, 3.05) is 0 Å². The molecule has 0 rings (SSSR count). The molecule has 0 aromatic rings. The van der Waals surface area contributed by atoms with Gasteiger partial charge in [0.2, 0.25) is 0 Å². The Morgan fingerprint density at radius 2 is 1.89 bits per heavy atom. The summed E-state index contributed by atoms with van der Waals surface area (Å²) in [6.45, 7) is 8.82. The average molecular weight is 145 g/mol. The minimum Gasteiger partial charge on any atom is -0.415 e. The molecule has 55 valence electrons. The van der Waals surface area contributed by atoms with Crippen molar-refractivity contribution < 1.29 is 4.43 Å². The van der Waals surface area contributed by atoms with Gasteiger partial charge in [-0.05, 0) is 25.1 Å². The Morgan fingerprint density at radius 3 is 2.00 bits per heavy atom. The first-order valence-electron chi connectivity index (χ1n) is 3.41. The molecule has 0 atom stereocenters. The first-order chi connectivity index (χ1) is 3.98. The third-order valence-electron chi connectivity index (χ3n) is 1.29. The Labute approximate surface area is 59.5 Å². The van der Waals surface area contributed by atoms with Crippen LogP contribution in [0.15, 0.2) is 0 Å². The lowest BCUT2D eigenvalue weighted by Gasteiger charge is -2.21. The molecule has 1 nitrogen and oxygen atoms in total. The van der Waals surface area contributed by atoms with Crippen molar-refractivity contribution in [3.63, 3.8) is 0 Å². The molecule has 0 saturated carbocycles. The summed E-state index contributed by atoms with van der Waals surface area (Å²) in [5.74, 6) is 0.744. The molecule has 0 aliphatic heterocycles. The quantitative estimate of drug-likeness (QED) is 0.555. The summed E-state index contributed by atoms with van der Waals surface area (Å²) >= 11 is 0. The molecule has 0 saturated heterocycles. The molecule has 0 aliphatic carbocycles. The third-order valence-corrected chi connectivity index (χ3v) is 3.87. The molecule has 0 unspecified atom stereocenters. The van der Waals surface area contributed by atoms with E-state index in [0.29, 0.717) is 0 Å². The van der Waals surface area contributed by atoms with Crippen molar-refractivity contribution in [3.8, 4) is 0 Å². The van der Waals surface area contributed by atoms with E-state index in [1.54, 1.807) is 0 Å². The first kappa shape index (κ1) is 9.18. The Balaban J connectivity index is 3.58. The zero-order valence-corrected chi connectivity index (χ0v) is 7.90. The van der Waals surface area contributed by atoms with E-state index in [2.05, 4.69) is 34.1 Å². The van der Waals surface area contributed by atoms with Crippen LogP contribution in [-0.2, 0) is 4.43 Å². The van der Waals surface area contributed by atoms with Crippen molar-refractivity contribution in [1.29, 1.82) is 0 Å². The van der Waals surface area contributed by atoms with Crippen LogP contribution in [-0.4, -0.2) is 8.32 Å². The van der Waals surface area contributed by atoms with Crippen molar-refractivity contribution in [2.45, 2.75) is 33.0 Å². The van der Waals surface area contributed by atoms with E-state index in [9.17, 15) is 0 Å². The molecular formula is C7H17OSi. The van der Waals surface area contributed by atoms with Gasteiger partial charge < -0.3 is 4.43 Å². The molecule has 0 N–H and O–H groups in total. The van der Waals surface area contributed by atoms with Crippen LogP contribution in [0.25, 0.3) is 0 Å². The van der Waals surface area contributed by atoms with Crippen LogP contribution in [0.4, 0.5) is 0 Å². The van der Waals surface area contributed by atoms with Crippen LogP contribution in [0.1, 0.15) is 13.8 Å². The standard InChI is InChI=1S/C7H17OSi/c1-7(2)6-9(4,5)8-3/h7H,3,6H2,1-2,4-5H3. The van der Waals surface area contributed by atoms with E-state index in [1.165, 1.54) is 6.04 Å². The normalized spacial score (nSPS) is 12.7. The van der Waals surface area contributed by atoms with Gasteiger partial charge in [0.05, 0.1) is 7.11 Å². The fraction of sp³-hybridized carbons (Fsp3) is 0.857. The average Bonchev–Trinajstić information content (AvgIpc) is 1.63. The summed E-state index contributed by atoms with van der Waals surface area (Å²) in [5, 5.41) is 0. The van der Waals surface area contributed by atoms with Crippen LogP contribution in [0.5, 0.6) is 0 Å². The topological polar surface area (TPSA) is 9.23 Å². The van der Waals surface area contributed by atoms with Gasteiger partial charge in [-0.2, -0.15) is 0 Å². The lowest BCUT2D eigenvalue weighted by atomic mass is 10.3. The highest BCUT2D eigenvalue weighted by molar-refractivity contribution is 6.71. The van der Waals surface area contributed by atoms with Crippen LogP contribution >= 0.6 is 0 Å².